The number of hydrogen-bond acceptors (Lipinski definition) is 6. The molecule has 206 valence electrons. The molecule has 2 heterocycles. The zero-order valence-corrected chi connectivity index (χ0v) is 22.5. The summed E-state index contributed by atoms with van der Waals surface area (Å²) < 4.78 is 40.9. The number of urea groups is 1. The number of carbonyl (C=O) groups is 2. The molecule has 4 rings (SSSR count). The molecular weight excluding hydrogens is 521 g/mol. The zero-order valence-electron chi connectivity index (χ0n) is 21.7. The molecule has 3 aromatic rings. The number of rotatable bonds is 9. The number of sulfonamides is 1. The minimum Gasteiger partial charge on any atom is -0.380 e. The predicted molar refractivity (Wildman–Crippen MR) is 146 cm³/mol. The number of nitrogens with one attached hydrogen (secondary N) is 3. The fourth-order valence-electron chi connectivity index (χ4n) is 4.46. The Bertz CT molecular complexity index is 1390. The number of carbonyl (C=O) groups excluding carboxylic acids is 2. The van der Waals surface area contributed by atoms with E-state index in [1.54, 1.807) is 17.0 Å². The van der Waals surface area contributed by atoms with Crippen LogP contribution in [0, 0.1) is 5.82 Å². The van der Waals surface area contributed by atoms with Crippen molar-refractivity contribution in [1.82, 2.24) is 19.9 Å². The lowest BCUT2D eigenvalue weighted by Crippen LogP contribution is -2.40. The van der Waals surface area contributed by atoms with Crippen molar-refractivity contribution in [2.24, 2.45) is 0 Å². The topological polar surface area (TPSA) is 120 Å². The molecule has 1 fully saturated rings. The van der Waals surface area contributed by atoms with Crippen LogP contribution in [0.5, 0.6) is 0 Å². The van der Waals surface area contributed by atoms with Crippen LogP contribution in [-0.2, 0) is 16.6 Å². The monoisotopic (exact) mass is 553 g/mol. The summed E-state index contributed by atoms with van der Waals surface area (Å²) >= 11 is 0. The molecule has 9 nitrogen and oxygen atoms in total. The van der Waals surface area contributed by atoms with E-state index in [1.165, 1.54) is 24.4 Å². The molecule has 0 aliphatic carbocycles. The highest BCUT2D eigenvalue weighted by molar-refractivity contribution is 7.90. The van der Waals surface area contributed by atoms with Crippen molar-refractivity contribution >= 4 is 27.6 Å². The standard InChI is InChI=1S/C28H32FN5O4S/c1-2-14-30-28(36)33-39(37,38)26-17-25(31-18-20-6-4-3-5-7-20)24(19-32-26)27(35)34-15-12-22(13-16-34)21-8-10-23(29)11-9-21/h3-11,17,19,22H,2,12-16,18H2,1H3,(H,31,32)(H2,30,33,36). The summed E-state index contributed by atoms with van der Waals surface area (Å²) in [7, 11) is -4.27. The lowest BCUT2D eigenvalue weighted by Gasteiger charge is -2.32. The minimum absolute atomic E-state index is 0.223. The van der Waals surface area contributed by atoms with Crippen LogP contribution in [0.25, 0.3) is 0 Å². The van der Waals surface area contributed by atoms with Gasteiger partial charge in [0.05, 0.1) is 11.3 Å². The largest absolute Gasteiger partial charge is 0.380 e. The summed E-state index contributed by atoms with van der Waals surface area (Å²) in [4.78, 5) is 31.3. The number of amides is 3. The van der Waals surface area contributed by atoms with Crippen molar-refractivity contribution in [3.05, 3.63) is 89.4 Å². The van der Waals surface area contributed by atoms with Crippen LogP contribution < -0.4 is 15.4 Å². The highest BCUT2D eigenvalue weighted by atomic mass is 32.2. The molecular formula is C28H32FN5O4S. The molecule has 0 saturated carbocycles. The molecule has 0 spiro atoms. The maximum Gasteiger partial charge on any atom is 0.328 e. The first kappa shape index (κ1) is 28.0. The van der Waals surface area contributed by atoms with Gasteiger partial charge in [0.2, 0.25) is 0 Å². The van der Waals surface area contributed by atoms with E-state index in [1.807, 2.05) is 42.0 Å². The van der Waals surface area contributed by atoms with Crippen LogP contribution in [0.15, 0.2) is 71.9 Å². The van der Waals surface area contributed by atoms with Gasteiger partial charge in [0.25, 0.3) is 15.9 Å². The molecule has 1 aromatic heterocycles. The molecule has 3 N–H and O–H groups in total. The lowest BCUT2D eigenvalue weighted by atomic mass is 9.89. The molecule has 0 atom stereocenters. The maximum absolute atomic E-state index is 13.5. The van der Waals surface area contributed by atoms with Crippen molar-refractivity contribution in [3.63, 3.8) is 0 Å². The third kappa shape index (κ3) is 7.32. The zero-order chi connectivity index (χ0) is 27.8. The van der Waals surface area contributed by atoms with Crippen LogP contribution >= 0.6 is 0 Å². The van der Waals surface area contributed by atoms with Crippen molar-refractivity contribution in [2.75, 3.05) is 25.0 Å². The molecule has 3 amide bonds. The number of nitrogens with zero attached hydrogens (tertiary/aromatic N) is 2. The third-order valence-corrected chi connectivity index (χ3v) is 7.82. The summed E-state index contributed by atoms with van der Waals surface area (Å²) in [5.74, 6) is -0.328. The summed E-state index contributed by atoms with van der Waals surface area (Å²) in [6, 6.07) is 16.4. The molecule has 11 heteroatoms. The SMILES string of the molecule is CCCNC(=O)NS(=O)(=O)c1cc(NCc2ccccc2)c(C(=O)N2CCC(c3ccc(F)cc3)CC2)cn1. The number of anilines is 1. The van der Waals surface area contributed by atoms with Crippen LogP contribution in [0.3, 0.4) is 0 Å². The van der Waals surface area contributed by atoms with Gasteiger partial charge in [-0.3, -0.25) is 4.79 Å². The Labute approximate surface area is 227 Å². The van der Waals surface area contributed by atoms with Crippen LogP contribution in [0.1, 0.15) is 53.6 Å². The molecule has 0 bridgehead atoms. The molecule has 1 aliphatic rings. The van der Waals surface area contributed by atoms with Crippen molar-refractivity contribution in [3.8, 4) is 0 Å². The summed E-state index contributed by atoms with van der Waals surface area (Å²) in [5, 5.41) is 5.25. The second-order valence-corrected chi connectivity index (χ2v) is 11.0. The number of aromatic nitrogens is 1. The first-order valence-electron chi connectivity index (χ1n) is 12.9. The number of halogens is 1. The fraction of sp³-hybridized carbons (Fsp3) is 0.321. The quantitative estimate of drug-likeness (QED) is 0.364. The predicted octanol–water partition coefficient (Wildman–Crippen LogP) is 4.25. The van der Waals surface area contributed by atoms with E-state index in [-0.39, 0.29) is 28.2 Å². The third-order valence-electron chi connectivity index (χ3n) is 6.60. The Morgan fingerprint density at radius 1 is 1.05 bits per heavy atom. The van der Waals surface area contributed by atoms with Crippen molar-refractivity contribution < 1.29 is 22.4 Å². The smallest absolute Gasteiger partial charge is 0.328 e. The normalized spacial score (nSPS) is 14.1. The first-order chi connectivity index (χ1) is 18.8. The summed E-state index contributed by atoms with van der Waals surface area (Å²) in [5.41, 5.74) is 2.52. The minimum atomic E-state index is -4.27. The molecule has 2 aromatic carbocycles. The van der Waals surface area contributed by atoms with Gasteiger partial charge in [0.15, 0.2) is 5.03 Å². The van der Waals surface area contributed by atoms with E-state index in [9.17, 15) is 22.4 Å². The van der Waals surface area contributed by atoms with Gasteiger partial charge in [-0.2, -0.15) is 8.42 Å². The van der Waals surface area contributed by atoms with Crippen LogP contribution in [-0.4, -0.2) is 49.9 Å². The van der Waals surface area contributed by atoms with E-state index in [2.05, 4.69) is 15.6 Å². The highest BCUT2D eigenvalue weighted by Crippen LogP contribution is 2.30. The molecule has 1 saturated heterocycles. The number of pyridine rings is 1. The number of hydrogen-bond donors (Lipinski definition) is 3. The summed E-state index contributed by atoms with van der Waals surface area (Å²) in [6.45, 7) is 3.52. The van der Waals surface area contributed by atoms with Crippen molar-refractivity contribution in [2.45, 2.75) is 43.7 Å². The van der Waals surface area contributed by atoms with Gasteiger partial charge in [-0.05, 0) is 48.4 Å². The van der Waals surface area contributed by atoms with Gasteiger partial charge in [0.1, 0.15) is 5.82 Å². The van der Waals surface area contributed by atoms with Gasteiger partial charge in [-0.1, -0.05) is 49.4 Å². The van der Waals surface area contributed by atoms with Crippen LogP contribution in [0.4, 0.5) is 14.9 Å². The average Bonchev–Trinajstić information content (AvgIpc) is 2.95. The Hall–Kier alpha value is -3.99. The van der Waals surface area contributed by atoms with E-state index in [0.29, 0.717) is 38.3 Å². The Kier molecular flexibility index (Phi) is 9.13. The van der Waals surface area contributed by atoms with Gasteiger partial charge in [0, 0.05) is 38.4 Å². The molecule has 0 radical (unpaired) electrons. The van der Waals surface area contributed by atoms with Gasteiger partial charge < -0.3 is 15.5 Å². The Morgan fingerprint density at radius 2 is 1.74 bits per heavy atom. The molecule has 1 aliphatic heterocycles. The van der Waals surface area contributed by atoms with E-state index in [4.69, 9.17) is 0 Å². The van der Waals surface area contributed by atoms with E-state index < -0.39 is 16.1 Å². The lowest BCUT2D eigenvalue weighted by molar-refractivity contribution is 0.0713. The second-order valence-electron chi connectivity index (χ2n) is 9.39. The molecule has 0 unspecified atom stereocenters. The number of benzene rings is 2. The second kappa shape index (κ2) is 12.7. The first-order valence-corrected chi connectivity index (χ1v) is 14.4. The maximum atomic E-state index is 13.5. The fourth-order valence-corrected chi connectivity index (χ4v) is 5.35. The Balaban J connectivity index is 1.53. The Morgan fingerprint density at radius 3 is 2.41 bits per heavy atom. The van der Waals surface area contributed by atoms with Gasteiger partial charge in [-0.25, -0.2) is 18.9 Å². The number of likely N-dealkylation sites (tertiary alicyclic amines) is 1. The van der Waals surface area contributed by atoms with Crippen LogP contribution in [0.2, 0.25) is 0 Å². The molecule has 39 heavy (non-hydrogen) atoms. The van der Waals surface area contributed by atoms with Crippen molar-refractivity contribution in [1.29, 1.82) is 0 Å². The highest BCUT2D eigenvalue weighted by Gasteiger charge is 2.28. The van der Waals surface area contributed by atoms with E-state index >= 15 is 0 Å². The number of piperidine rings is 1. The van der Waals surface area contributed by atoms with Gasteiger partial charge >= 0.3 is 6.03 Å². The van der Waals surface area contributed by atoms with Gasteiger partial charge in [-0.15, -0.1) is 0 Å². The summed E-state index contributed by atoms with van der Waals surface area (Å²) in [6.07, 6.45) is 3.33. The average molecular weight is 554 g/mol. The van der Waals surface area contributed by atoms with E-state index in [0.717, 1.165) is 24.0 Å².